The standard InChI is InChI=1S/C13H25NO2/c1-3-13(2)14-12(10-16-13)8-11-6-4-5-7-15-9-11/h11-12,14H,3-10H2,1-2H3. The van der Waals surface area contributed by atoms with E-state index in [1.807, 2.05) is 0 Å². The lowest BCUT2D eigenvalue weighted by molar-refractivity contribution is 0.00336. The molecule has 16 heavy (non-hydrogen) atoms. The lowest BCUT2D eigenvalue weighted by Crippen LogP contribution is -2.41. The Bertz CT molecular complexity index is 214. The highest BCUT2D eigenvalue weighted by Crippen LogP contribution is 2.25. The van der Waals surface area contributed by atoms with Crippen LogP contribution >= 0.6 is 0 Å². The zero-order valence-electron chi connectivity index (χ0n) is 10.6. The van der Waals surface area contributed by atoms with E-state index in [4.69, 9.17) is 9.47 Å². The summed E-state index contributed by atoms with van der Waals surface area (Å²) in [6.07, 6.45) is 6.11. The number of hydrogen-bond acceptors (Lipinski definition) is 3. The molecule has 1 N–H and O–H groups in total. The van der Waals surface area contributed by atoms with Crippen LogP contribution in [0.1, 0.15) is 46.0 Å². The number of hydrogen-bond donors (Lipinski definition) is 1. The molecule has 2 aliphatic rings. The fraction of sp³-hybridized carbons (Fsp3) is 1.00. The highest BCUT2D eigenvalue weighted by atomic mass is 16.5. The van der Waals surface area contributed by atoms with Gasteiger partial charge in [0, 0.05) is 19.3 Å². The molecule has 3 nitrogen and oxygen atoms in total. The molecule has 2 saturated heterocycles. The minimum Gasteiger partial charge on any atom is -0.381 e. The van der Waals surface area contributed by atoms with Crippen LogP contribution in [0.4, 0.5) is 0 Å². The van der Waals surface area contributed by atoms with Crippen molar-refractivity contribution in [3.63, 3.8) is 0 Å². The van der Waals surface area contributed by atoms with E-state index in [1.54, 1.807) is 0 Å². The van der Waals surface area contributed by atoms with Gasteiger partial charge in [-0.1, -0.05) is 13.3 Å². The molecule has 2 fully saturated rings. The molecule has 0 aliphatic carbocycles. The molecule has 0 aromatic heterocycles. The summed E-state index contributed by atoms with van der Waals surface area (Å²) in [6, 6.07) is 0.525. The lowest BCUT2D eigenvalue weighted by Gasteiger charge is -2.23. The first-order valence-electron chi connectivity index (χ1n) is 6.71. The van der Waals surface area contributed by atoms with E-state index in [1.165, 1.54) is 25.7 Å². The summed E-state index contributed by atoms with van der Waals surface area (Å²) in [7, 11) is 0. The SMILES string of the molecule is CCC1(C)NC(CC2CCCCOC2)CO1. The summed E-state index contributed by atoms with van der Waals surface area (Å²) in [5.74, 6) is 0.725. The fourth-order valence-corrected chi connectivity index (χ4v) is 2.69. The topological polar surface area (TPSA) is 30.5 Å². The molecule has 2 aliphatic heterocycles. The number of rotatable bonds is 3. The van der Waals surface area contributed by atoms with Crippen LogP contribution in [0.2, 0.25) is 0 Å². The monoisotopic (exact) mass is 227 g/mol. The fourth-order valence-electron chi connectivity index (χ4n) is 2.69. The van der Waals surface area contributed by atoms with Gasteiger partial charge >= 0.3 is 0 Å². The van der Waals surface area contributed by atoms with Crippen molar-refractivity contribution in [3.8, 4) is 0 Å². The van der Waals surface area contributed by atoms with Gasteiger partial charge in [0.15, 0.2) is 0 Å². The van der Waals surface area contributed by atoms with E-state index in [9.17, 15) is 0 Å². The zero-order chi connectivity index (χ0) is 11.4. The van der Waals surface area contributed by atoms with E-state index in [0.717, 1.165) is 32.2 Å². The molecule has 0 radical (unpaired) electrons. The summed E-state index contributed by atoms with van der Waals surface area (Å²) < 4.78 is 11.5. The molecule has 0 bridgehead atoms. The van der Waals surface area contributed by atoms with Crippen molar-refractivity contribution in [2.24, 2.45) is 5.92 Å². The Hall–Kier alpha value is -0.120. The van der Waals surface area contributed by atoms with Crippen LogP contribution in [-0.2, 0) is 9.47 Å². The van der Waals surface area contributed by atoms with Gasteiger partial charge in [-0.2, -0.15) is 0 Å². The van der Waals surface area contributed by atoms with Crippen molar-refractivity contribution >= 4 is 0 Å². The molecule has 2 heterocycles. The second-order valence-corrected chi connectivity index (χ2v) is 5.41. The van der Waals surface area contributed by atoms with Crippen molar-refractivity contribution in [2.75, 3.05) is 19.8 Å². The molecule has 0 saturated carbocycles. The molecule has 2 rings (SSSR count). The summed E-state index contributed by atoms with van der Waals surface area (Å²) in [5, 5.41) is 3.61. The van der Waals surface area contributed by atoms with Crippen molar-refractivity contribution in [1.29, 1.82) is 0 Å². The maximum Gasteiger partial charge on any atom is 0.116 e. The highest BCUT2D eigenvalue weighted by molar-refractivity contribution is 4.86. The molecule has 0 aromatic carbocycles. The largest absolute Gasteiger partial charge is 0.381 e. The average Bonchev–Trinajstić information content (AvgIpc) is 2.51. The van der Waals surface area contributed by atoms with Crippen LogP contribution < -0.4 is 5.32 Å². The maximum absolute atomic E-state index is 5.82. The average molecular weight is 227 g/mol. The number of nitrogens with one attached hydrogen (secondary N) is 1. The molecule has 3 atom stereocenters. The van der Waals surface area contributed by atoms with Gasteiger partial charge < -0.3 is 9.47 Å². The maximum atomic E-state index is 5.82. The van der Waals surface area contributed by atoms with E-state index in [-0.39, 0.29) is 5.72 Å². The summed E-state index contributed by atoms with van der Waals surface area (Å²) in [5.41, 5.74) is -0.0871. The molecular weight excluding hydrogens is 202 g/mol. The van der Waals surface area contributed by atoms with Crippen molar-refractivity contribution < 1.29 is 9.47 Å². The van der Waals surface area contributed by atoms with Crippen LogP contribution in [0.15, 0.2) is 0 Å². The first-order chi connectivity index (χ1) is 7.72. The molecule has 94 valence electrons. The third-order valence-electron chi connectivity index (χ3n) is 3.91. The molecule has 3 unspecified atom stereocenters. The van der Waals surface area contributed by atoms with Gasteiger partial charge in [-0.15, -0.1) is 0 Å². The predicted octanol–water partition coefficient (Wildman–Crippen LogP) is 2.31. The number of ether oxygens (including phenoxy) is 2. The van der Waals surface area contributed by atoms with Gasteiger partial charge in [0.1, 0.15) is 5.72 Å². The smallest absolute Gasteiger partial charge is 0.116 e. The Labute approximate surface area is 98.9 Å². The van der Waals surface area contributed by atoms with Gasteiger partial charge in [-0.05, 0) is 38.5 Å². The quantitative estimate of drug-likeness (QED) is 0.802. The van der Waals surface area contributed by atoms with Crippen LogP contribution in [0.3, 0.4) is 0 Å². The van der Waals surface area contributed by atoms with Crippen LogP contribution in [-0.4, -0.2) is 31.6 Å². The van der Waals surface area contributed by atoms with Crippen LogP contribution in [0, 0.1) is 5.92 Å². The van der Waals surface area contributed by atoms with E-state index in [2.05, 4.69) is 19.2 Å². The van der Waals surface area contributed by atoms with Crippen molar-refractivity contribution in [1.82, 2.24) is 5.32 Å². The van der Waals surface area contributed by atoms with Gasteiger partial charge in [0.25, 0.3) is 0 Å². The Kier molecular flexibility index (Phi) is 4.22. The van der Waals surface area contributed by atoms with Crippen molar-refractivity contribution in [2.45, 2.75) is 57.7 Å². The highest BCUT2D eigenvalue weighted by Gasteiger charge is 2.34. The Balaban J connectivity index is 1.77. The summed E-state index contributed by atoms with van der Waals surface area (Å²) in [4.78, 5) is 0. The van der Waals surface area contributed by atoms with Gasteiger partial charge in [0.05, 0.1) is 6.61 Å². The van der Waals surface area contributed by atoms with Gasteiger partial charge in [0.2, 0.25) is 0 Å². The van der Waals surface area contributed by atoms with E-state index < -0.39 is 0 Å². The van der Waals surface area contributed by atoms with Gasteiger partial charge in [-0.25, -0.2) is 0 Å². The van der Waals surface area contributed by atoms with Crippen molar-refractivity contribution in [3.05, 3.63) is 0 Å². The minimum atomic E-state index is -0.0871. The Morgan fingerprint density at radius 3 is 2.94 bits per heavy atom. The molecule has 0 aromatic rings. The molecule has 3 heteroatoms. The second kappa shape index (κ2) is 5.48. The normalized spacial score (nSPS) is 40.9. The first kappa shape index (κ1) is 12.3. The zero-order valence-corrected chi connectivity index (χ0v) is 10.6. The Morgan fingerprint density at radius 1 is 1.31 bits per heavy atom. The molecule has 0 spiro atoms. The molecule has 0 amide bonds. The summed E-state index contributed by atoms with van der Waals surface area (Å²) >= 11 is 0. The van der Waals surface area contributed by atoms with Gasteiger partial charge in [-0.3, -0.25) is 5.32 Å². The molecular formula is C13H25NO2. The first-order valence-corrected chi connectivity index (χ1v) is 6.71. The van der Waals surface area contributed by atoms with Crippen LogP contribution in [0.5, 0.6) is 0 Å². The minimum absolute atomic E-state index is 0.0871. The van der Waals surface area contributed by atoms with Crippen LogP contribution in [0.25, 0.3) is 0 Å². The van der Waals surface area contributed by atoms with E-state index in [0.29, 0.717) is 6.04 Å². The summed E-state index contributed by atoms with van der Waals surface area (Å²) in [6.45, 7) is 7.08. The third-order valence-corrected chi connectivity index (χ3v) is 3.91. The Morgan fingerprint density at radius 2 is 2.19 bits per heavy atom. The predicted molar refractivity (Wildman–Crippen MR) is 64.3 cm³/mol. The second-order valence-electron chi connectivity index (χ2n) is 5.41. The third kappa shape index (κ3) is 3.19. The lowest BCUT2D eigenvalue weighted by atomic mass is 9.96. The van der Waals surface area contributed by atoms with E-state index >= 15 is 0 Å².